The van der Waals surface area contributed by atoms with Gasteiger partial charge in [0.1, 0.15) is 58.8 Å². The van der Waals surface area contributed by atoms with E-state index in [2.05, 4.69) is 73.4 Å². The van der Waals surface area contributed by atoms with Crippen LogP contribution in [0.2, 0.25) is 10.0 Å². The molecule has 2 aromatic carbocycles. The van der Waals surface area contributed by atoms with Gasteiger partial charge in [-0.15, -0.1) is 0 Å². The molecule has 6 aromatic rings. The zero-order chi connectivity index (χ0) is 64.3. The number of halogens is 6. The van der Waals surface area contributed by atoms with Crippen molar-refractivity contribution in [2.45, 2.75) is 183 Å². The van der Waals surface area contributed by atoms with E-state index in [0.717, 1.165) is 77.9 Å². The van der Waals surface area contributed by atoms with Crippen molar-refractivity contribution in [1.82, 2.24) is 59.1 Å². The molecule has 91 heavy (non-hydrogen) atoms. The molecule has 1 saturated carbocycles. The minimum atomic E-state index is -0.831. The van der Waals surface area contributed by atoms with Gasteiger partial charge in [0.15, 0.2) is 0 Å². The smallest absolute Gasteiger partial charge is 0.226 e. The van der Waals surface area contributed by atoms with E-state index in [9.17, 15) is 13.6 Å². The van der Waals surface area contributed by atoms with E-state index in [4.69, 9.17) is 57.5 Å². The molecule has 1 amide bonds. The number of nitrogens with zero attached hydrogens (tertiary/aromatic N) is 12. The molecule has 10 heterocycles. The van der Waals surface area contributed by atoms with Crippen LogP contribution in [-0.4, -0.2) is 149 Å². The number of aryl methyl sites for hydroxylation is 4. The van der Waals surface area contributed by atoms with E-state index < -0.39 is 68.8 Å². The van der Waals surface area contributed by atoms with Gasteiger partial charge in [-0.2, -0.15) is 10.2 Å². The molecule has 0 N–H and O–H groups in total. The molecular weight excluding hydrogens is 1210 g/mol. The lowest BCUT2D eigenvalue weighted by Gasteiger charge is -2.42. The lowest BCUT2D eigenvalue weighted by molar-refractivity contribution is -0.152. The number of carbonyl (C=O) groups excluding carboxylic acids is 1. The highest BCUT2D eigenvalue weighted by atomic mass is 35.5. The third kappa shape index (κ3) is 11.6. The van der Waals surface area contributed by atoms with Crippen LogP contribution in [0.25, 0.3) is 0 Å². The Morgan fingerprint density at radius 3 is 1.78 bits per heavy atom. The van der Waals surface area contributed by atoms with Gasteiger partial charge in [-0.1, -0.05) is 35.3 Å². The van der Waals surface area contributed by atoms with Crippen molar-refractivity contribution in [3.05, 3.63) is 151 Å². The summed E-state index contributed by atoms with van der Waals surface area (Å²) in [4.78, 5) is 44.2. The maximum atomic E-state index is 16.1. The normalized spacial score (nSPS) is 25.6. The lowest BCUT2D eigenvalue weighted by Crippen LogP contribution is -2.48. The average Bonchev–Trinajstić information content (AvgIpc) is 1.58. The standard InChI is InChI=1S/C69H86Cl2F4N12O4/c1-40-54(70)33-51-58(80-40)68(90-60(51)66(5,6)63-76-38-78-83(63)10)18-22-84(23-19-68)35-42-36-86(37-53(42)48-14-12-44(73)30-57(48)75)65(3,4)17-26-87-64(77-39-79-87)67(7,8)61-52-34-55(71)41(2)81-59(52)69(91-61)20-24-85(25-21-69)62(88)50-32-46(82(9)45-15-27-89-28-16-45)31-49(50)47-13-11-43(72)29-56(47)74/h11-14,29-30,33-34,38-39,42,45-46,49-50,53,60-61H,15-28,31-32,35-37H2,1-10H3/t42-,46?,49+,50-,53-,60?,61?/m1/s1. The average molecular weight is 1290 g/mol. The van der Waals surface area contributed by atoms with E-state index in [0.29, 0.717) is 130 Å². The third-order valence-corrected chi connectivity index (χ3v) is 23.2. The van der Waals surface area contributed by atoms with Crippen LogP contribution in [0.1, 0.15) is 180 Å². The summed E-state index contributed by atoms with van der Waals surface area (Å²) in [7, 11) is 4.01. The summed E-state index contributed by atoms with van der Waals surface area (Å²) in [6.45, 7) is 23.0. The molecule has 0 bridgehead atoms. The van der Waals surface area contributed by atoms with Crippen LogP contribution in [0, 0.1) is 49.0 Å². The van der Waals surface area contributed by atoms with Gasteiger partial charge in [-0.05, 0) is 167 Å². The van der Waals surface area contributed by atoms with E-state index in [1.54, 1.807) is 23.4 Å². The van der Waals surface area contributed by atoms with Crippen LogP contribution < -0.4 is 0 Å². The number of carbonyl (C=O) groups is 1. The Kier molecular flexibility index (Phi) is 17.2. The van der Waals surface area contributed by atoms with Gasteiger partial charge in [0.05, 0.1) is 55.9 Å². The molecule has 4 aromatic heterocycles. The minimum absolute atomic E-state index is 0.0178. The summed E-state index contributed by atoms with van der Waals surface area (Å²) < 4.78 is 84.9. The monoisotopic (exact) mass is 1290 g/mol. The van der Waals surface area contributed by atoms with Crippen molar-refractivity contribution < 1.29 is 36.6 Å². The Bertz CT molecular complexity index is 3710. The summed E-state index contributed by atoms with van der Waals surface area (Å²) in [6.07, 6.45) is 8.31. The second-order valence-corrected chi connectivity index (χ2v) is 29.9. The van der Waals surface area contributed by atoms with Crippen molar-refractivity contribution in [1.29, 1.82) is 0 Å². The zero-order valence-corrected chi connectivity index (χ0v) is 55.6. The second-order valence-electron chi connectivity index (χ2n) is 29.1. The molecule has 3 unspecified atom stereocenters. The Labute approximate surface area is 541 Å². The number of hydrogen-bond donors (Lipinski definition) is 0. The Morgan fingerprint density at radius 1 is 0.681 bits per heavy atom. The molecular formula is C69H86Cl2F4N12O4. The Balaban J connectivity index is 0.698. The molecule has 6 aliphatic heterocycles. The number of pyridine rings is 2. The molecule has 22 heteroatoms. The van der Waals surface area contributed by atoms with Crippen molar-refractivity contribution >= 4 is 29.1 Å². The fraction of sp³-hybridized carbons (Fsp3) is 0.609. The van der Waals surface area contributed by atoms with Gasteiger partial charge in [0, 0.05) is 125 Å². The highest BCUT2D eigenvalue weighted by Gasteiger charge is 2.57. The SMILES string of the molecule is Cc1nc2c(cc1Cl)C(C(C)(C)c1ncnn1C)OC21CCN(C[C@@H]2CN(C(C)(C)CCn3ncnc3C(C)(C)C3OC4(CCN(C(=O)[C@@H]5CC(N(C)C6CCOCC6)C[C@H]5c5ccc(F)cc5F)CC4)c4nc(C)c(Cl)cc43)C[C@H]2c2ccc(F)cc2F)CC1. The van der Waals surface area contributed by atoms with Crippen LogP contribution in [-0.2, 0) is 54.6 Å². The highest BCUT2D eigenvalue weighted by Crippen LogP contribution is 2.58. The predicted octanol–water partition coefficient (Wildman–Crippen LogP) is 12.1. The van der Waals surface area contributed by atoms with Crippen LogP contribution >= 0.6 is 23.2 Å². The third-order valence-electron chi connectivity index (χ3n) is 22.5. The van der Waals surface area contributed by atoms with Gasteiger partial charge < -0.3 is 28.9 Å². The first-order valence-electron chi connectivity index (χ1n) is 32.7. The molecule has 2 spiro atoms. The number of aromatic nitrogens is 8. The largest absolute Gasteiger partial charge is 0.381 e. The first kappa shape index (κ1) is 64.3. The molecule has 13 rings (SSSR count). The number of fused-ring (bicyclic) bond motifs is 4. The Hall–Kier alpha value is -5.45. The maximum Gasteiger partial charge on any atom is 0.226 e. The molecule has 5 fully saturated rings. The quantitative estimate of drug-likeness (QED) is 0.0900. The van der Waals surface area contributed by atoms with E-state index in [1.165, 1.54) is 18.2 Å². The van der Waals surface area contributed by atoms with Gasteiger partial charge in [0.25, 0.3) is 0 Å². The minimum Gasteiger partial charge on any atom is -0.381 e. The summed E-state index contributed by atoms with van der Waals surface area (Å²) in [6, 6.07) is 12.1. The van der Waals surface area contributed by atoms with Crippen molar-refractivity contribution in [3.63, 3.8) is 0 Å². The Morgan fingerprint density at radius 2 is 1.22 bits per heavy atom. The van der Waals surface area contributed by atoms with Gasteiger partial charge >= 0.3 is 0 Å². The molecule has 488 valence electrons. The van der Waals surface area contributed by atoms with E-state index in [-0.39, 0.29) is 29.9 Å². The topological polar surface area (TPSA) is 145 Å². The zero-order valence-electron chi connectivity index (χ0n) is 54.1. The molecule has 7 atom stereocenters. The second kappa shape index (κ2) is 24.4. The van der Waals surface area contributed by atoms with Crippen molar-refractivity contribution in [2.24, 2.45) is 18.9 Å². The number of amides is 1. The first-order chi connectivity index (χ1) is 43.3. The number of rotatable bonds is 15. The summed E-state index contributed by atoms with van der Waals surface area (Å²) in [5.74, 6) is -1.92. The molecule has 1 aliphatic carbocycles. The molecule has 0 radical (unpaired) electrons. The number of likely N-dealkylation sites (tertiary alicyclic amines) is 3. The fourth-order valence-corrected chi connectivity index (χ4v) is 17.3. The van der Waals surface area contributed by atoms with E-state index in [1.807, 2.05) is 42.6 Å². The van der Waals surface area contributed by atoms with E-state index >= 15 is 8.78 Å². The first-order valence-corrected chi connectivity index (χ1v) is 33.4. The summed E-state index contributed by atoms with van der Waals surface area (Å²) in [5, 5.41) is 10.4. The van der Waals surface area contributed by atoms with Crippen LogP contribution in [0.3, 0.4) is 0 Å². The van der Waals surface area contributed by atoms with Gasteiger partial charge in [-0.3, -0.25) is 24.3 Å². The van der Waals surface area contributed by atoms with Gasteiger partial charge in [-0.25, -0.2) is 32.2 Å². The lowest BCUT2D eigenvalue weighted by atomic mass is 9.80. The fourth-order valence-electron chi connectivity index (χ4n) is 17.0. The number of piperidine rings is 2. The number of ether oxygens (including phenoxy) is 3. The number of benzene rings is 2. The molecule has 7 aliphatic rings. The van der Waals surface area contributed by atoms with Gasteiger partial charge in [0.2, 0.25) is 5.91 Å². The molecule has 4 saturated heterocycles. The van der Waals surface area contributed by atoms with Crippen molar-refractivity contribution in [2.75, 3.05) is 66.1 Å². The predicted molar refractivity (Wildman–Crippen MR) is 338 cm³/mol. The number of hydrogen-bond acceptors (Lipinski definition) is 13. The van der Waals surface area contributed by atoms with Crippen LogP contribution in [0.4, 0.5) is 17.6 Å². The van der Waals surface area contributed by atoms with Crippen LogP contribution in [0.15, 0.2) is 61.2 Å². The summed E-state index contributed by atoms with van der Waals surface area (Å²) in [5.41, 5.74) is 2.81. The maximum absolute atomic E-state index is 16.1. The molecule has 16 nitrogen and oxygen atoms in total. The van der Waals surface area contributed by atoms with Crippen LogP contribution in [0.5, 0.6) is 0 Å². The van der Waals surface area contributed by atoms with Crippen molar-refractivity contribution in [3.8, 4) is 0 Å². The summed E-state index contributed by atoms with van der Waals surface area (Å²) >= 11 is 13.7. The highest BCUT2D eigenvalue weighted by molar-refractivity contribution is 6.31.